The normalized spacial score (nSPS) is 16.6. The van der Waals surface area contributed by atoms with Crippen LogP contribution in [0, 0.1) is 5.92 Å². The smallest absolute Gasteiger partial charge is 0.240 e. The number of anilines is 1. The number of nitrogens with one attached hydrogen (secondary N) is 1. The first-order chi connectivity index (χ1) is 14.4. The number of ether oxygens (including phenoxy) is 3. The number of carbonyl (C=O) groups excluding carboxylic acids is 1. The van der Waals surface area contributed by atoms with Crippen molar-refractivity contribution in [3.8, 4) is 17.2 Å². The Labute approximate surface area is 176 Å². The summed E-state index contributed by atoms with van der Waals surface area (Å²) >= 11 is 0. The molecule has 0 aromatic heterocycles. The zero-order valence-corrected chi connectivity index (χ0v) is 18.1. The first-order valence-corrected chi connectivity index (χ1v) is 11.1. The van der Waals surface area contributed by atoms with Crippen LogP contribution in [0.5, 0.6) is 17.2 Å². The molecule has 162 valence electrons. The van der Waals surface area contributed by atoms with E-state index in [4.69, 9.17) is 14.2 Å². The highest BCUT2D eigenvalue weighted by molar-refractivity contribution is 7.89. The number of hydrogen-bond acceptors (Lipinski definition) is 6. The zero-order valence-electron chi connectivity index (χ0n) is 17.3. The number of nitrogens with zero attached hydrogens (tertiary/aromatic N) is 1. The molecule has 2 aromatic carbocycles. The highest BCUT2D eigenvalue weighted by Crippen LogP contribution is 2.30. The Morgan fingerprint density at radius 1 is 1.07 bits per heavy atom. The van der Waals surface area contributed by atoms with Gasteiger partial charge in [-0.15, -0.1) is 0 Å². The van der Waals surface area contributed by atoms with Crippen molar-refractivity contribution in [1.29, 1.82) is 0 Å². The molecule has 0 unspecified atom stereocenters. The van der Waals surface area contributed by atoms with E-state index in [9.17, 15) is 13.2 Å². The molecule has 2 aromatic rings. The highest BCUT2D eigenvalue weighted by Gasteiger charge is 2.31. The number of benzene rings is 2. The van der Waals surface area contributed by atoms with Gasteiger partial charge in [-0.2, -0.15) is 0 Å². The SMILES string of the molecule is CCOc1ccc(N2C[C@@H](CNS(=O)(=O)c3ccc(OC)c(OC)c3)CC2=O)cc1. The fourth-order valence-corrected chi connectivity index (χ4v) is 4.48. The van der Waals surface area contributed by atoms with Gasteiger partial charge in [0.1, 0.15) is 5.75 Å². The summed E-state index contributed by atoms with van der Waals surface area (Å²) in [6, 6.07) is 11.7. The molecule has 1 heterocycles. The summed E-state index contributed by atoms with van der Waals surface area (Å²) in [5.74, 6) is 1.36. The first kappa shape index (κ1) is 21.9. The van der Waals surface area contributed by atoms with Gasteiger partial charge in [0, 0.05) is 31.3 Å². The van der Waals surface area contributed by atoms with Gasteiger partial charge in [-0.05, 0) is 49.2 Å². The molecule has 1 amide bonds. The molecule has 1 fully saturated rings. The van der Waals surface area contributed by atoms with E-state index in [0.717, 1.165) is 11.4 Å². The molecular formula is C21H26N2O6S. The number of amides is 1. The Kier molecular flexibility index (Phi) is 6.84. The van der Waals surface area contributed by atoms with Crippen molar-refractivity contribution >= 4 is 21.6 Å². The predicted molar refractivity (Wildman–Crippen MR) is 113 cm³/mol. The van der Waals surface area contributed by atoms with Gasteiger partial charge in [-0.25, -0.2) is 13.1 Å². The first-order valence-electron chi connectivity index (χ1n) is 9.63. The van der Waals surface area contributed by atoms with Crippen molar-refractivity contribution in [2.45, 2.75) is 18.2 Å². The van der Waals surface area contributed by atoms with Crippen molar-refractivity contribution in [2.75, 3.05) is 38.8 Å². The van der Waals surface area contributed by atoms with Gasteiger partial charge in [0.15, 0.2) is 11.5 Å². The van der Waals surface area contributed by atoms with Crippen molar-refractivity contribution in [3.63, 3.8) is 0 Å². The molecular weight excluding hydrogens is 408 g/mol. The Balaban J connectivity index is 1.64. The lowest BCUT2D eigenvalue weighted by Crippen LogP contribution is -2.31. The van der Waals surface area contributed by atoms with Gasteiger partial charge in [-0.3, -0.25) is 4.79 Å². The van der Waals surface area contributed by atoms with Crippen LogP contribution in [0.25, 0.3) is 0 Å². The van der Waals surface area contributed by atoms with Crippen LogP contribution in [0.3, 0.4) is 0 Å². The second kappa shape index (κ2) is 9.36. The van der Waals surface area contributed by atoms with E-state index in [1.807, 2.05) is 31.2 Å². The van der Waals surface area contributed by atoms with Crippen molar-refractivity contribution in [3.05, 3.63) is 42.5 Å². The van der Waals surface area contributed by atoms with E-state index in [2.05, 4.69) is 4.72 Å². The number of carbonyl (C=O) groups is 1. The van der Waals surface area contributed by atoms with Gasteiger partial charge < -0.3 is 19.1 Å². The lowest BCUT2D eigenvalue weighted by Gasteiger charge is -2.17. The molecule has 1 N–H and O–H groups in total. The molecule has 30 heavy (non-hydrogen) atoms. The van der Waals surface area contributed by atoms with Gasteiger partial charge in [-0.1, -0.05) is 0 Å². The van der Waals surface area contributed by atoms with E-state index in [1.165, 1.54) is 26.4 Å². The summed E-state index contributed by atoms with van der Waals surface area (Å²) in [6.07, 6.45) is 0.279. The molecule has 1 aliphatic rings. The largest absolute Gasteiger partial charge is 0.494 e. The molecule has 9 heteroatoms. The molecule has 1 atom stereocenters. The van der Waals surface area contributed by atoms with Gasteiger partial charge in [0.05, 0.1) is 25.7 Å². The second-order valence-corrected chi connectivity index (χ2v) is 8.64. The van der Waals surface area contributed by atoms with Crippen LogP contribution in [0.4, 0.5) is 5.69 Å². The minimum atomic E-state index is -3.75. The van der Waals surface area contributed by atoms with E-state index in [-0.39, 0.29) is 29.7 Å². The monoisotopic (exact) mass is 434 g/mol. The van der Waals surface area contributed by atoms with Crippen LogP contribution in [-0.2, 0) is 14.8 Å². The van der Waals surface area contributed by atoms with Crippen LogP contribution in [0.1, 0.15) is 13.3 Å². The summed E-state index contributed by atoms with van der Waals surface area (Å²) in [4.78, 5) is 14.2. The van der Waals surface area contributed by atoms with Gasteiger partial charge >= 0.3 is 0 Å². The average Bonchev–Trinajstić information content (AvgIpc) is 3.13. The summed E-state index contributed by atoms with van der Waals surface area (Å²) in [5.41, 5.74) is 0.772. The van der Waals surface area contributed by atoms with Crippen molar-refractivity contribution < 1.29 is 27.4 Å². The summed E-state index contributed by atoms with van der Waals surface area (Å²) in [5, 5.41) is 0. The molecule has 0 saturated carbocycles. The average molecular weight is 435 g/mol. The lowest BCUT2D eigenvalue weighted by atomic mass is 10.1. The van der Waals surface area contributed by atoms with Crippen molar-refractivity contribution in [2.24, 2.45) is 5.92 Å². The maximum atomic E-state index is 12.7. The standard InChI is InChI=1S/C21H26N2O6S/c1-4-29-17-7-5-16(6-8-17)23-14-15(11-21(23)24)13-22-30(25,26)18-9-10-19(27-2)20(12-18)28-3/h5-10,12,15,22H,4,11,13-14H2,1-3H3/t15-/m1/s1. The molecule has 1 aliphatic heterocycles. The molecule has 0 aliphatic carbocycles. The summed E-state index contributed by atoms with van der Waals surface area (Å²) in [6.45, 7) is 3.09. The molecule has 8 nitrogen and oxygen atoms in total. The van der Waals surface area contributed by atoms with Crippen molar-refractivity contribution in [1.82, 2.24) is 4.72 Å². The number of rotatable bonds is 9. The third-order valence-corrected chi connectivity index (χ3v) is 6.31. The van der Waals surface area contributed by atoms with E-state index in [1.54, 1.807) is 11.0 Å². The van der Waals surface area contributed by atoms with Crippen LogP contribution in [0.15, 0.2) is 47.4 Å². The quantitative estimate of drug-likeness (QED) is 0.652. The number of sulfonamides is 1. The highest BCUT2D eigenvalue weighted by atomic mass is 32.2. The minimum absolute atomic E-state index is 0.0329. The fraction of sp³-hybridized carbons (Fsp3) is 0.381. The Morgan fingerprint density at radius 2 is 1.77 bits per heavy atom. The predicted octanol–water partition coefficient (Wildman–Crippen LogP) is 2.43. The summed E-state index contributed by atoms with van der Waals surface area (Å²) in [7, 11) is -0.819. The van der Waals surface area contributed by atoms with Crippen LogP contribution >= 0.6 is 0 Å². The molecule has 1 saturated heterocycles. The van der Waals surface area contributed by atoms with Crippen LogP contribution in [-0.4, -0.2) is 48.2 Å². The van der Waals surface area contributed by atoms with E-state index in [0.29, 0.717) is 24.7 Å². The molecule has 0 spiro atoms. The van der Waals surface area contributed by atoms with Crippen LogP contribution in [0.2, 0.25) is 0 Å². The van der Waals surface area contributed by atoms with Gasteiger partial charge in [0.2, 0.25) is 15.9 Å². The van der Waals surface area contributed by atoms with Gasteiger partial charge in [0.25, 0.3) is 0 Å². The fourth-order valence-electron chi connectivity index (χ4n) is 3.35. The topological polar surface area (TPSA) is 94.2 Å². The third-order valence-electron chi connectivity index (χ3n) is 4.89. The summed E-state index contributed by atoms with van der Waals surface area (Å²) < 4.78 is 43.7. The maximum Gasteiger partial charge on any atom is 0.240 e. The minimum Gasteiger partial charge on any atom is -0.494 e. The molecule has 3 rings (SSSR count). The number of hydrogen-bond donors (Lipinski definition) is 1. The maximum absolute atomic E-state index is 12.7. The third kappa shape index (κ3) is 4.85. The zero-order chi connectivity index (χ0) is 21.7. The lowest BCUT2D eigenvalue weighted by molar-refractivity contribution is -0.117. The second-order valence-electron chi connectivity index (χ2n) is 6.87. The Hall–Kier alpha value is -2.78. The number of methoxy groups -OCH3 is 2. The Morgan fingerprint density at radius 3 is 2.40 bits per heavy atom. The molecule has 0 radical (unpaired) electrons. The van der Waals surface area contributed by atoms with E-state index < -0.39 is 10.0 Å². The van der Waals surface area contributed by atoms with Crippen LogP contribution < -0.4 is 23.8 Å². The Bertz CT molecular complexity index is 991. The molecule has 0 bridgehead atoms. The van der Waals surface area contributed by atoms with E-state index >= 15 is 0 Å².